The third-order valence-electron chi connectivity index (χ3n) is 8.59. The molecule has 0 aromatic carbocycles. The summed E-state index contributed by atoms with van der Waals surface area (Å²) in [6.07, 6.45) is 18.3. The Hall–Kier alpha value is -0.0800. The molecule has 138 valence electrons. The Labute approximate surface area is 150 Å². The van der Waals surface area contributed by atoms with Crippen LogP contribution >= 0.6 is 0 Å². The van der Waals surface area contributed by atoms with Gasteiger partial charge in [0.05, 0.1) is 52.4 Å². The van der Waals surface area contributed by atoms with Crippen LogP contribution in [0.5, 0.6) is 0 Å². The molecule has 0 radical (unpaired) electrons. The van der Waals surface area contributed by atoms with Gasteiger partial charge in [0.2, 0.25) is 0 Å². The largest absolute Gasteiger partial charge is 0.324 e. The van der Waals surface area contributed by atoms with Crippen molar-refractivity contribution in [2.24, 2.45) is 11.8 Å². The third kappa shape index (κ3) is 4.01. The van der Waals surface area contributed by atoms with Gasteiger partial charge in [-0.2, -0.15) is 0 Å². The molecule has 0 saturated carbocycles. The predicted octanol–water partition coefficient (Wildman–Crippen LogP) is 4.59. The van der Waals surface area contributed by atoms with Crippen LogP contribution in [0, 0.1) is 11.8 Å². The quantitative estimate of drug-likeness (QED) is 0.427. The summed E-state index contributed by atoms with van der Waals surface area (Å²) in [6, 6.07) is 0. The van der Waals surface area contributed by atoms with E-state index in [1.54, 1.807) is 38.5 Å². The number of fused-ring (bicyclic) bond motifs is 6. The summed E-state index contributed by atoms with van der Waals surface area (Å²) in [4.78, 5) is 0. The zero-order valence-corrected chi connectivity index (χ0v) is 16.2. The van der Waals surface area contributed by atoms with E-state index in [0.29, 0.717) is 0 Å². The van der Waals surface area contributed by atoms with Crippen molar-refractivity contribution in [2.45, 2.75) is 77.0 Å². The molecule has 0 amide bonds. The van der Waals surface area contributed by atoms with E-state index in [9.17, 15) is 0 Å². The molecule has 6 aliphatic heterocycles. The van der Waals surface area contributed by atoms with Crippen molar-refractivity contribution in [3.05, 3.63) is 0 Å². The smallest absolute Gasteiger partial charge is 0.0789 e. The highest BCUT2D eigenvalue weighted by Crippen LogP contribution is 2.35. The van der Waals surface area contributed by atoms with Gasteiger partial charge in [0.15, 0.2) is 0 Å². The zero-order valence-electron chi connectivity index (χ0n) is 16.2. The molecular weight excluding hydrogens is 292 g/mol. The van der Waals surface area contributed by atoms with Crippen molar-refractivity contribution in [3.8, 4) is 0 Å². The van der Waals surface area contributed by atoms with E-state index in [0.717, 1.165) is 11.8 Å². The lowest BCUT2D eigenvalue weighted by molar-refractivity contribution is -0.942. The molecule has 6 saturated heterocycles. The fraction of sp³-hybridized carbons (Fsp3) is 1.00. The van der Waals surface area contributed by atoms with Gasteiger partial charge in [-0.15, -0.1) is 0 Å². The molecule has 0 N–H and O–H groups in total. The summed E-state index contributed by atoms with van der Waals surface area (Å²) >= 11 is 0. The molecule has 0 aromatic rings. The minimum absolute atomic E-state index is 1.11. The number of hydrogen-bond donors (Lipinski definition) is 0. The Morgan fingerprint density at radius 1 is 0.417 bits per heavy atom. The minimum Gasteiger partial charge on any atom is -0.324 e. The Bertz CT molecular complexity index is 323. The van der Waals surface area contributed by atoms with Crippen molar-refractivity contribution in [3.63, 3.8) is 0 Å². The standard InChI is InChI=1S/C22H42N2/c1(3-5-13-23-15-7-21(8-16-23)9-17-23)2-4-6-14-24-18-10-22(11-19-24)12-20-24/h21-22H,1-20H2/q+2. The molecule has 6 heterocycles. The highest BCUT2D eigenvalue weighted by atomic mass is 15.4. The van der Waals surface area contributed by atoms with Gasteiger partial charge in [0.25, 0.3) is 0 Å². The van der Waals surface area contributed by atoms with Crippen LogP contribution in [0.4, 0.5) is 0 Å². The second-order valence-electron chi connectivity index (χ2n) is 10.1. The van der Waals surface area contributed by atoms with Gasteiger partial charge in [0, 0.05) is 0 Å². The molecule has 4 bridgehead atoms. The molecule has 0 unspecified atom stereocenters. The monoisotopic (exact) mass is 334 g/mol. The summed E-state index contributed by atoms with van der Waals surface area (Å²) in [5.41, 5.74) is 0. The summed E-state index contributed by atoms with van der Waals surface area (Å²) in [7, 11) is 0. The molecule has 6 rings (SSSR count). The van der Waals surface area contributed by atoms with Crippen molar-refractivity contribution < 1.29 is 8.97 Å². The maximum absolute atomic E-state index is 1.54. The molecule has 6 aliphatic rings. The average Bonchev–Trinajstić information content (AvgIpc) is 2.67. The molecular formula is C22H42N2+2. The number of hydrogen-bond acceptors (Lipinski definition) is 0. The number of nitrogens with zero attached hydrogens (tertiary/aromatic N) is 2. The van der Waals surface area contributed by atoms with Gasteiger partial charge >= 0.3 is 0 Å². The Balaban J connectivity index is 1.03. The van der Waals surface area contributed by atoms with E-state index in [2.05, 4.69) is 0 Å². The molecule has 24 heavy (non-hydrogen) atoms. The maximum atomic E-state index is 1.54. The first-order valence-corrected chi connectivity index (χ1v) is 11.5. The van der Waals surface area contributed by atoms with E-state index in [-0.39, 0.29) is 0 Å². The minimum atomic E-state index is 1.11. The summed E-state index contributed by atoms with van der Waals surface area (Å²) in [6.45, 7) is 12.1. The van der Waals surface area contributed by atoms with Crippen LogP contribution < -0.4 is 0 Å². The summed E-state index contributed by atoms with van der Waals surface area (Å²) < 4.78 is 3.02. The second-order valence-corrected chi connectivity index (χ2v) is 10.1. The van der Waals surface area contributed by atoms with Gasteiger partial charge in [-0.1, -0.05) is 12.8 Å². The molecule has 0 aromatic heterocycles. The van der Waals surface area contributed by atoms with Gasteiger partial charge < -0.3 is 8.97 Å². The van der Waals surface area contributed by atoms with Crippen LogP contribution in [0.3, 0.4) is 0 Å². The number of piperidine rings is 6. The van der Waals surface area contributed by atoms with Crippen molar-refractivity contribution in [1.29, 1.82) is 0 Å². The fourth-order valence-electron chi connectivity index (χ4n) is 6.55. The van der Waals surface area contributed by atoms with Crippen LogP contribution in [-0.2, 0) is 0 Å². The number of quaternary nitrogens is 2. The lowest BCUT2D eigenvalue weighted by Crippen LogP contribution is -2.58. The zero-order chi connectivity index (χ0) is 16.3. The summed E-state index contributed by atoms with van der Waals surface area (Å²) in [5.74, 6) is 2.23. The maximum Gasteiger partial charge on any atom is 0.0789 e. The van der Waals surface area contributed by atoms with Crippen molar-refractivity contribution in [2.75, 3.05) is 52.4 Å². The molecule has 0 aliphatic carbocycles. The Morgan fingerprint density at radius 2 is 0.708 bits per heavy atom. The number of rotatable bonds is 9. The second kappa shape index (κ2) is 7.66. The average molecular weight is 335 g/mol. The molecule has 2 nitrogen and oxygen atoms in total. The Morgan fingerprint density at radius 3 is 1.04 bits per heavy atom. The van der Waals surface area contributed by atoms with E-state index in [1.165, 1.54) is 99.8 Å². The third-order valence-corrected chi connectivity index (χ3v) is 8.59. The van der Waals surface area contributed by atoms with Gasteiger partial charge in [-0.25, -0.2) is 0 Å². The normalized spacial score (nSPS) is 41.0. The molecule has 0 atom stereocenters. The van der Waals surface area contributed by atoms with Crippen LogP contribution in [0.1, 0.15) is 77.0 Å². The predicted molar refractivity (Wildman–Crippen MR) is 102 cm³/mol. The van der Waals surface area contributed by atoms with E-state index < -0.39 is 0 Å². The van der Waals surface area contributed by atoms with Crippen LogP contribution in [-0.4, -0.2) is 61.3 Å². The SMILES string of the molecule is C(CCCC[N+]12CCC(CC1)CC2)CCC[N+]12CCC(CC1)CC2. The molecule has 2 heteroatoms. The lowest BCUT2D eigenvalue weighted by Gasteiger charge is -2.49. The van der Waals surface area contributed by atoms with Gasteiger partial charge in [0.1, 0.15) is 0 Å². The van der Waals surface area contributed by atoms with E-state index >= 15 is 0 Å². The topological polar surface area (TPSA) is 0 Å². The van der Waals surface area contributed by atoms with Crippen LogP contribution in [0.2, 0.25) is 0 Å². The van der Waals surface area contributed by atoms with Gasteiger partial charge in [-0.3, -0.25) is 0 Å². The van der Waals surface area contributed by atoms with E-state index in [4.69, 9.17) is 0 Å². The highest BCUT2D eigenvalue weighted by molar-refractivity contribution is 4.72. The molecule has 6 fully saturated rings. The molecule has 0 spiro atoms. The van der Waals surface area contributed by atoms with Gasteiger partial charge in [-0.05, 0) is 76.0 Å². The van der Waals surface area contributed by atoms with Crippen LogP contribution in [0.25, 0.3) is 0 Å². The summed E-state index contributed by atoms with van der Waals surface area (Å²) in [5, 5.41) is 0. The van der Waals surface area contributed by atoms with Crippen molar-refractivity contribution >= 4 is 0 Å². The first-order valence-electron chi connectivity index (χ1n) is 11.5. The first kappa shape index (κ1) is 17.3. The Kier molecular flexibility index (Phi) is 5.53. The van der Waals surface area contributed by atoms with Crippen LogP contribution in [0.15, 0.2) is 0 Å². The highest BCUT2D eigenvalue weighted by Gasteiger charge is 2.39. The first-order chi connectivity index (χ1) is 11.8. The number of unbranched alkanes of at least 4 members (excludes halogenated alkanes) is 5. The lowest BCUT2D eigenvalue weighted by atomic mass is 9.85. The van der Waals surface area contributed by atoms with E-state index in [1.807, 2.05) is 0 Å². The fourth-order valence-corrected chi connectivity index (χ4v) is 6.55. The van der Waals surface area contributed by atoms with Crippen molar-refractivity contribution in [1.82, 2.24) is 0 Å².